The van der Waals surface area contributed by atoms with Gasteiger partial charge in [-0.25, -0.2) is 0 Å². The Kier molecular flexibility index (Phi) is 5.51. The minimum absolute atomic E-state index is 0.00335. The number of hydrogen-bond acceptors (Lipinski definition) is 5. The lowest BCUT2D eigenvalue weighted by Crippen LogP contribution is -2.46. The van der Waals surface area contributed by atoms with Gasteiger partial charge in [0.1, 0.15) is 0 Å². The Labute approximate surface area is 136 Å². The van der Waals surface area contributed by atoms with Crippen LogP contribution in [0.1, 0.15) is 12.0 Å². The number of amides is 1. The molecule has 1 N–H and O–H groups in total. The summed E-state index contributed by atoms with van der Waals surface area (Å²) >= 11 is 5.98. The second-order valence-electron chi connectivity index (χ2n) is 5.14. The highest BCUT2D eigenvalue weighted by Crippen LogP contribution is 2.23. The summed E-state index contributed by atoms with van der Waals surface area (Å²) in [5.74, 6) is -1.21. The molecule has 1 fully saturated rings. The second-order valence-corrected chi connectivity index (χ2v) is 5.55. The van der Waals surface area contributed by atoms with Gasteiger partial charge in [-0.05, 0) is 5.56 Å². The van der Waals surface area contributed by atoms with Gasteiger partial charge < -0.3 is 14.7 Å². The lowest BCUT2D eigenvalue weighted by Gasteiger charge is -2.32. The molecule has 124 valence electrons. The third kappa shape index (κ3) is 4.64. The molecule has 1 heterocycles. The molecule has 0 saturated carbocycles. The van der Waals surface area contributed by atoms with E-state index in [1.165, 1.54) is 23.1 Å². The van der Waals surface area contributed by atoms with E-state index in [1.807, 2.05) is 0 Å². The lowest BCUT2D eigenvalue weighted by atomic mass is 10.1. The molecule has 1 aromatic rings. The van der Waals surface area contributed by atoms with Crippen molar-refractivity contribution in [1.82, 2.24) is 4.90 Å². The van der Waals surface area contributed by atoms with E-state index in [1.54, 1.807) is 0 Å². The van der Waals surface area contributed by atoms with Crippen LogP contribution in [0.5, 0.6) is 0 Å². The molecule has 1 amide bonds. The Morgan fingerprint density at radius 1 is 1.48 bits per heavy atom. The van der Waals surface area contributed by atoms with Crippen molar-refractivity contribution >= 4 is 29.2 Å². The molecule has 1 aliphatic rings. The highest BCUT2D eigenvalue weighted by atomic mass is 35.5. The number of carboxylic acids is 1. The molecule has 0 aromatic heterocycles. The zero-order chi connectivity index (χ0) is 17.0. The van der Waals surface area contributed by atoms with Crippen molar-refractivity contribution in [1.29, 1.82) is 0 Å². The number of ether oxygens (including phenoxy) is 1. The van der Waals surface area contributed by atoms with Crippen LogP contribution in [0.25, 0.3) is 0 Å². The Morgan fingerprint density at radius 2 is 2.22 bits per heavy atom. The van der Waals surface area contributed by atoms with Gasteiger partial charge >= 0.3 is 5.97 Å². The van der Waals surface area contributed by atoms with E-state index in [-0.39, 0.29) is 42.6 Å². The molecular weight excluding hydrogens is 328 g/mol. The normalized spacial score (nSPS) is 17.8. The number of halogens is 1. The molecule has 23 heavy (non-hydrogen) atoms. The monoisotopic (exact) mass is 342 g/mol. The van der Waals surface area contributed by atoms with Gasteiger partial charge in [0, 0.05) is 25.2 Å². The SMILES string of the molecule is O=C(O)CC1CN(C(=O)Cc2ccc([N+](=O)[O-])cc2Cl)CCO1. The minimum atomic E-state index is -0.984. The average Bonchev–Trinajstić information content (AvgIpc) is 2.48. The van der Waals surface area contributed by atoms with Crippen molar-refractivity contribution in [2.75, 3.05) is 19.7 Å². The van der Waals surface area contributed by atoms with E-state index in [9.17, 15) is 19.7 Å². The fourth-order valence-corrected chi connectivity index (χ4v) is 2.57. The van der Waals surface area contributed by atoms with E-state index in [2.05, 4.69) is 0 Å². The molecule has 1 aromatic carbocycles. The predicted octanol–water partition coefficient (Wildman–Crippen LogP) is 1.49. The first-order chi connectivity index (χ1) is 10.9. The molecule has 2 rings (SSSR count). The van der Waals surface area contributed by atoms with Crippen LogP contribution in [0.3, 0.4) is 0 Å². The number of aliphatic carboxylic acids is 1. The second kappa shape index (κ2) is 7.38. The van der Waals surface area contributed by atoms with E-state index in [4.69, 9.17) is 21.4 Å². The van der Waals surface area contributed by atoms with Gasteiger partial charge in [-0.2, -0.15) is 0 Å². The van der Waals surface area contributed by atoms with Gasteiger partial charge in [0.15, 0.2) is 0 Å². The molecule has 1 unspecified atom stereocenters. The Hall–Kier alpha value is -2.19. The van der Waals surface area contributed by atoms with Crippen molar-refractivity contribution in [3.05, 3.63) is 38.9 Å². The summed E-state index contributed by atoms with van der Waals surface area (Å²) in [6.07, 6.45) is -0.698. The number of nitrogens with zero attached hydrogens (tertiary/aromatic N) is 2. The molecule has 0 bridgehead atoms. The van der Waals surface area contributed by atoms with E-state index >= 15 is 0 Å². The number of benzene rings is 1. The third-order valence-electron chi connectivity index (χ3n) is 3.48. The first-order valence-electron chi connectivity index (χ1n) is 6.91. The minimum Gasteiger partial charge on any atom is -0.481 e. The summed E-state index contributed by atoms with van der Waals surface area (Å²) in [5.41, 5.74) is 0.350. The summed E-state index contributed by atoms with van der Waals surface area (Å²) in [6.45, 7) is 0.854. The van der Waals surface area contributed by atoms with Gasteiger partial charge in [-0.3, -0.25) is 19.7 Å². The van der Waals surface area contributed by atoms with E-state index in [0.717, 1.165) is 0 Å². The molecule has 9 heteroatoms. The Bertz CT molecular complexity index is 636. The van der Waals surface area contributed by atoms with Crippen LogP contribution in [0, 0.1) is 10.1 Å². The maximum Gasteiger partial charge on any atom is 0.306 e. The van der Waals surface area contributed by atoms with Gasteiger partial charge in [-0.1, -0.05) is 17.7 Å². The number of carbonyl (C=O) groups is 2. The number of hydrogen-bond donors (Lipinski definition) is 1. The standard InChI is InChI=1S/C14H15ClN2O6/c15-12-6-10(17(21)22)2-1-9(12)5-13(18)16-3-4-23-11(8-16)7-14(19)20/h1-2,6,11H,3-5,7-8H2,(H,19,20). The van der Waals surface area contributed by atoms with Crippen molar-refractivity contribution < 1.29 is 24.4 Å². The largest absolute Gasteiger partial charge is 0.481 e. The van der Waals surface area contributed by atoms with Crippen molar-refractivity contribution in [2.45, 2.75) is 18.9 Å². The van der Waals surface area contributed by atoms with E-state index in [0.29, 0.717) is 12.1 Å². The number of non-ortho nitro benzene ring substituents is 1. The number of rotatable bonds is 5. The van der Waals surface area contributed by atoms with Crippen LogP contribution in [-0.2, 0) is 20.7 Å². The maximum atomic E-state index is 12.3. The van der Waals surface area contributed by atoms with Crippen LogP contribution >= 0.6 is 11.6 Å². The summed E-state index contributed by atoms with van der Waals surface area (Å²) in [6, 6.07) is 3.95. The molecule has 0 aliphatic carbocycles. The fourth-order valence-electron chi connectivity index (χ4n) is 2.33. The Balaban J connectivity index is 2.01. The van der Waals surface area contributed by atoms with Crippen LogP contribution in [-0.4, -0.2) is 52.6 Å². The van der Waals surface area contributed by atoms with Crippen LogP contribution in [0.2, 0.25) is 5.02 Å². The molecule has 8 nitrogen and oxygen atoms in total. The smallest absolute Gasteiger partial charge is 0.306 e. The van der Waals surface area contributed by atoms with E-state index < -0.39 is 17.0 Å². The van der Waals surface area contributed by atoms with Crippen molar-refractivity contribution in [3.8, 4) is 0 Å². The molecule has 0 radical (unpaired) electrons. The van der Waals surface area contributed by atoms with Gasteiger partial charge in [0.05, 0.1) is 35.5 Å². The maximum absolute atomic E-state index is 12.3. The highest BCUT2D eigenvalue weighted by molar-refractivity contribution is 6.31. The summed E-state index contributed by atoms with van der Waals surface area (Å²) in [4.78, 5) is 34.6. The Morgan fingerprint density at radius 3 is 2.83 bits per heavy atom. The van der Waals surface area contributed by atoms with Crippen LogP contribution < -0.4 is 0 Å². The highest BCUT2D eigenvalue weighted by Gasteiger charge is 2.26. The number of nitro groups is 1. The summed E-state index contributed by atoms with van der Waals surface area (Å²) < 4.78 is 5.31. The van der Waals surface area contributed by atoms with Crippen molar-refractivity contribution in [3.63, 3.8) is 0 Å². The number of carboxylic acid groups (broad SMARTS) is 1. The van der Waals surface area contributed by atoms with Gasteiger partial charge in [-0.15, -0.1) is 0 Å². The first-order valence-corrected chi connectivity index (χ1v) is 7.28. The predicted molar refractivity (Wildman–Crippen MR) is 80.4 cm³/mol. The summed E-state index contributed by atoms with van der Waals surface area (Å²) in [5, 5.41) is 19.6. The van der Waals surface area contributed by atoms with Crippen molar-refractivity contribution in [2.24, 2.45) is 0 Å². The van der Waals surface area contributed by atoms with Gasteiger partial charge in [0.25, 0.3) is 5.69 Å². The number of morpholine rings is 1. The number of carbonyl (C=O) groups excluding carboxylic acids is 1. The van der Waals surface area contributed by atoms with Crippen LogP contribution in [0.4, 0.5) is 5.69 Å². The topological polar surface area (TPSA) is 110 Å². The molecule has 1 saturated heterocycles. The van der Waals surface area contributed by atoms with Crippen LogP contribution in [0.15, 0.2) is 18.2 Å². The zero-order valence-electron chi connectivity index (χ0n) is 12.1. The quantitative estimate of drug-likeness (QED) is 0.641. The average molecular weight is 343 g/mol. The molecule has 1 atom stereocenters. The zero-order valence-corrected chi connectivity index (χ0v) is 12.9. The molecule has 1 aliphatic heterocycles. The number of nitro benzene ring substituents is 1. The fraction of sp³-hybridized carbons (Fsp3) is 0.429. The summed E-state index contributed by atoms with van der Waals surface area (Å²) in [7, 11) is 0. The molecular formula is C14H15ClN2O6. The van der Waals surface area contributed by atoms with Gasteiger partial charge in [0.2, 0.25) is 5.91 Å². The third-order valence-corrected chi connectivity index (χ3v) is 3.83. The first kappa shape index (κ1) is 17.2. The molecule has 0 spiro atoms. The lowest BCUT2D eigenvalue weighted by molar-refractivity contribution is -0.384.